The van der Waals surface area contributed by atoms with E-state index in [1.54, 1.807) is 30.3 Å². The Balaban J connectivity index is 1.61. The zero-order valence-electron chi connectivity index (χ0n) is 19.7. The Morgan fingerprint density at radius 3 is 2.37 bits per heavy atom. The maximum Gasteiger partial charge on any atom is 0.264 e. The summed E-state index contributed by atoms with van der Waals surface area (Å²) in [7, 11) is -2.24. The summed E-state index contributed by atoms with van der Waals surface area (Å²) >= 11 is 0. The second-order valence-electron chi connectivity index (χ2n) is 9.35. The average Bonchev–Trinajstić information content (AvgIpc) is 2.90. The number of terminal acetylenes is 1. The number of aromatic nitrogens is 1. The molecule has 2 aromatic carbocycles. The summed E-state index contributed by atoms with van der Waals surface area (Å²) in [5, 5.41) is 12.1. The first-order chi connectivity index (χ1) is 16.9. The molecule has 4 heterocycles. The van der Waals surface area contributed by atoms with Crippen LogP contribution in [0.5, 0.6) is 0 Å². The van der Waals surface area contributed by atoms with Crippen LogP contribution in [-0.2, 0) is 22.0 Å². The van der Waals surface area contributed by atoms with Crippen LogP contribution >= 0.6 is 0 Å². The third-order valence-electron chi connectivity index (χ3n) is 7.43. The van der Waals surface area contributed by atoms with Gasteiger partial charge >= 0.3 is 0 Å². The molecule has 3 saturated heterocycles. The number of hydrogen-bond acceptors (Lipinski definition) is 5. The summed E-state index contributed by atoms with van der Waals surface area (Å²) in [5.74, 6) is 2.83. The standard InChI is InChI=1S/C28H29N3O3S/c1-3-26-28(32,23-14-16-31(26)17-15-23)27-22(18-21-10-6-4-7-11-21)19-24(20-29-27)30(2)35(33,34)25-12-8-5-9-13-25/h1,4-13,19-20,23,26,32H,14-18H2,2H3. The van der Waals surface area contributed by atoms with Gasteiger partial charge in [-0.1, -0.05) is 54.5 Å². The van der Waals surface area contributed by atoms with Crippen LogP contribution < -0.4 is 4.31 Å². The summed E-state index contributed by atoms with van der Waals surface area (Å²) in [6.45, 7) is 1.73. The van der Waals surface area contributed by atoms with E-state index in [-0.39, 0.29) is 10.8 Å². The molecule has 6 nitrogen and oxygen atoms in total. The smallest absolute Gasteiger partial charge is 0.264 e. The van der Waals surface area contributed by atoms with Crippen molar-refractivity contribution in [1.29, 1.82) is 0 Å². The Hall–Kier alpha value is -3.18. The largest absolute Gasteiger partial charge is 0.381 e. The van der Waals surface area contributed by atoms with Crippen molar-refractivity contribution in [1.82, 2.24) is 9.88 Å². The first-order valence-electron chi connectivity index (χ1n) is 11.9. The maximum absolute atomic E-state index is 13.3. The Labute approximate surface area is 207 Å². The summed E-state index contributed by atoms with van der Waals surface area (Å²) in [6.07, 6.45) is 9.68. The van der Waals surface area contributed by atoms with E-state index in [1.807, 2.05) is 36.4 Å². The highest BCUT2D eigenvalue weighted by Crippen LogP contribution is 2.47. The first-order valence-corrected chi connectivity index (χ1v) is 13.3. The molecular weight excluding hydrogens is 458 g/mol. The number of rotatable bonds is 6. The third-order valence-corrected chi connectivity index (χ3v) is 9.23. The van der Waals surface area contributed by atoms with E-state index < -0.39 is 21.7 Å². The van der Waals surface area contributed by atoms with Gasteiger partial charge in [-0.3, -0.25) is 14.2 Å². The fraction of sp³-hybridized carbons (Fsp3) is 0.321. The Bertz CT molecular complexity index is 1350. The fourth-order valence-electron chi connectivity index (χ4n) is 5.53. The van der Waals surface area contributed by atoms with Crippen LogP contribution in [0.2, 0.25) is 0 Å². The predicted octanol–water partition coefficient (Wildman–Crippen LogP) is 3.41. The first kappa shape index (κ1) is 23.6. The van der Waals surface area contributed by atoms with Crippen LogP contribution in [-0.4, -0.2) is 49.6 Å². The minimum absolute atomic E-state index is 0.00667. The molecule has 2 unspecified atom stereocenters. The van der Waals surface area contributed by atoms with Crippen LogP contribution in [0.15, 0.2) is 77.8 Å². The zero-order chi connectivity index (χ0) is 24.6. The lowest BCUT2D eigenvalue weighted by Gasteiger charge is -2.54. The number of pyridine rings is 1. The topological polar surface area (TPSA) is 73.7 Å². The van der Waals surface area contributed by atoms with Crippen LogP contribution in [0, 0.1) is 18.3 Å². The van der Waals surface area contributed by atoms with E-state index >= 15 is 0 Å². The highest BCUT2D eigenvalue weighted by molar-refractivity contribution is 7.92. The van der Waals surface area contributed by atoms with Gasteiger partial charge in [-0.2, -0.15) is 0 Å². The Kier molecular flexibility index (Phi) is 6.14. The van der Waals surface area contributed by atoms with Crippen molar-refractivity contribution in [2.75, 3.05) is 24.4 Å². The van der Waals surface area contributed by atoms with Crippen LogP contribution in [0.25, 0.3) is 0 Å². The van der Waals surface area contributed by atoms with Crippen molar-refractivity contribution in [2.24, 2.45) is 5.92 Å². The molecule has 35 heavy (non-hydrogen) atoms. The van der Waals surface area contributed by atoms with Gasteiger partial charge in [-0.15, -0.1) is 6.42 Å². The Morgan fingerprint density at radius 1 is 1.11 bits per heavy atom. The molecule has 6 rings (SSSR count). The molecule has 0 saturated carbocycles. The van der Waals surface area contributed by atoms with Crippen molar-refractivity contribution in [3.05, 3.63) is 89.7 Å². The van der Waals surface area contributed by atoms with E-state index in [9.17, 15) is 13.5 Å². The Morgan fingerprint density at radius 2 is 1.74 bits per heavy atom. The van der Waals surface area contributed by atoms with Crippen molar-refractivity contribution < 1.29 is 13.5 Å². The molecule has 2 bridgehead atoms. The molecule has 3 aliphatic rings. The van der Waals surface area contributed by atoms with Crippen molar-refractivity contribution in [3.63, 3.8) is 0 Å². The molecule has 180 valence electrons. The zero-order valence-corrected chi connectivity index (χ0v) is 20.5. The minimum Gasteiger partial charge on any atom is -0.381 e. The maximum atomic E-state index is 13.3. The highest BCUT2D eigenvalue weighted by Gasteiger charge is 2.55. The van der Waals surface area contributed by atoms with Gasteiger partial charge in [0.1, 0.15) is 11.6 Å². The second kappa shape index (κ2) is 9.12. The molecule has 1 aromatic heterocycles. The van der Waals surface area contributed by atoms with Gasteiger partial charge in [0.2, 0.25) is 0 Å². The molecule has 0 radical (unpaired) electrons. The molecule has 2 atom stereocenters. The van der Waals surface area contributed by atoms with Crippen molar-refractivity contribution >= 4 is 15.7 Å². The van der Waals surface area contributed by atoms with Gasteiger partial charge in [0.05, 0.1) is 22.5 Å². The molecule has 7 heteroatoms. The van der Waals surface area contributed by atoms with E-state index in [2.05, 4.69) is 10.8 Å². The van der Waals surface area contributed by atoms with Gasteiger partial charge in [-0.25, -0.2) is 8.42 Å². The number of fused-ring (bicyclic) bond motifs is 3. The van der Waals surface area contributed by atoms with E-state index in [0.29, 0.717) is 17.8 Å². The quantitative estimate of drug-likeness (QED) is 0.540. The summed E-state index contributed by atoms with van der Waals surface area (Å²) in [6, 6.07) is 19.6. The van der Waals surface area contributed by atoms with Gasteiger partial charge in [0.25, 0.3) is 10.0 Å². The third kappa shape index (κ3) is 4.02. The molecule has 0 aliphatic carbocycles. The summed E-state index contributed by atoms with van der Waals surface area (Å²) in [4.78, 5) is 7.11. The number of benzene rings is 2. The van der Waals surface area contributed by atoms with E-state index in [1.165, 1.54) is 17.5 Å². The normalized spacial score (nSPS) is 25.7. The molecular formula is C28H29N3O3S. The summed E-state index contributed by atoms with van der Waals surface area (Å²) < 4.78 is 27.8. The number of anilines is 1. The van der Waals surface area contributed by atoms with E-state index in [4.69, 9.17) is 11.4 Å². The van der Waals surface area contributed by atoms with Gasteiger partial charge in [-0.05, 0) is 67.6 Å². The molecule has 3 aromatic rings. The molecule has 3 aliphatic heterocycles. The lowest BCUT2D eigenvalue weighted by atomic mass is 9.67. The van der Waals surface area contributed by atoms with Crippen molar-refractivity contribution in [3.8, 4) is 12.3 Å². The average molecular weight is 488 g/mol. The van der Waals surface area contributed by atoms with Crippen LogP contribution in [0.3, 0.4) is 0 Å². The van der Waals surface area contributed by atoms with Gasteiger partial charge in [0.15, 0.2) is 0 Å². The van der Waals surface area contributed by atoms with Gasteiger partial charge < -0.3 is 5.11 Å². The number of aliphatic hydroxyl groups is 1. The molecule has 1 N–H and O–H groups in total. The molecule has 0 spiro atoms. The predicted molar refractivity (Wildman–Crippen MR) is 136 cm³/mol. The van der Waals surface area contributed by atoms with Gasteiger partial charge in [0, 0.05) is 7.05 Å². The van der Waals surface area contributed by atoms with Crippen LogP contribution in [0.1, 0.15) is 29.7 Å². The molecule has 0 amide bonds. The molecule has 3 fully saturated rings. The monoisotopic (exact) mass is 487 g/mol. The number of hydrogen-bond donors (Lipinski definition) is 1. The van der Waals surface area contributed by atoms with E-state index in [0.717, 1.165) is 37.1 Å². The number of sulfonamides is 1. The second-order valence-corrected chi connectivity index (χ2v) is 11.3. The summed E-state index contributed by atoms with van der Waals surface area (Å²) in [5.41, 5.74) is 1.52. The number of nitrogens with zero attached hydrogens (tertiary/aromatic N) is 3. The van der Waals surface area contributed by atoms with Crippen molar-refractivity contribution in [2.45, 2.75) is 35.8 Å². The lowest BCUT2D eigenvalue weighted by molar-refractivity contribution is -0.145. The number of piperidine rings is 3. The lowest BCUT2D eigenvalue weighted by Crippen LogP contribution is -2.64. The SMILES string of the molecule is C#CC1N2CCC(CC2)C1(O)c1ncc(N(C)S(=O)(=O)c2ccccc2)cc1Cc1ccccc1. The minimum atomic E-state index is -3.77. The highest BCUT2D eigenvalue weighted by atomic mass is 32.2. The fourth-order valence-corrected chi connectivity index (χ4v) is 6.72. The van der Waals surface area contributed by atoms with Crippen LogP contribution in [0.4, 0.5) is 5.69 Å².